The summed E-state index contributed by atoms with van der Waals surface area (Å²) in [7, 11) is 0. The van der Waals surface area contributed by atoms with Gasteiger partial charge in [0.1, 0.15) is 0 Å². The largest absolute Gasteiger partial charge is 0.387 e. The van der Waals surface area contributed by atoms with Crippen molar-refractivity contribution in [3.63, 3.8) is 0 Å². The van der Waals surface area contributed by atoms with Crippen LogP contribution in [0.5, 0.6) is 0 Å². The Morgan fingerprint density at radius 3 is 2.92 bits per heavy atom. The van der Waals surface area contributed by atoms with Crippen LogP contribution in [0.15, 0.2) is 4.99 Å². The summed E-state index contributed by atoms with van der Waals surface area (Å²) in [5, 5.41) is 0. The SMILES string of the molecule is C[C@H]1CC(N)=N[C@H]2CCCC[C@H]21. The van der Waals surface area contributed by atoms with Gasteiger partial charge in [-0.2, -0.15) is 0 Å². The quantitative estimate of drug-likeness (QED) is 0.587. The van der Waals surface area contributed by atoms with Crippen molar-refractivity contribution in [2.45, 2.75) is 45.1 Å². The lowest BCUT2D eigenvalue weighted by Gasteiger charge is -2.37. The Balaban J connectivity index is 2.14. The van der Waals surface area contributed by atoms with Crippen molar-refractivity contribution in [3.05, 3.63) is 0 Å². The molecule has 3 atom stereocenters. The van der Waals surface area contributed by atoms with E-state index in [4.69, 9.17) is 5.73 Å². The molecule has 0 amide bonds. The minimum Gasteiger partial charge on any atom is -0.387 e. The first-order valence-electron chi connectivity index (χ1n) is 5.09. The van der Waals surface area contributed by atoms with Crippen molar-refractivity contribution in [3.8, 4) is 0 Å². The van der Waals surface area contributed by atoms with Gasteiger partial charge in [-0.3, -0.25) is 4.99 Å². The molecule has 2 aliphatic rings. The van der Waals surface area contributed by atoms with Crippen molar-refractivity contribution in [1.82, 2.24) is 0 Å². The maximum absolute atomic E-state index is 5.78. The molecule has 1 heterocycles. The molecule has 0 aromatic rings. The smallest absolute Gasteiger partial charge is 0.0943 e. The molecule has 1 aliphatic heterocycles. The lowest BCUT2D eigenvalue weighted by molar-refractivity contribution is 0.220. The lowest BCUT2D eigenvalue weighted by Crippen LogP contribution is -2.37. The summed E-state index contributed by atoms with van der Waals surface area (Å²) in [5.74, 6) is 2.50. The third-order valence-corrected chi connectivity index (χ3v) is 3.38. The van der Waals surface area contributed by atoms with Crippen molar-refractivity contribution in [2.24, 2.45) is 22.6 Å². The molecule has 1 saturated carbocycles. The molecule has 0 aromatic heterocycles. The summed E-state index contributed by atoms with van der Waals surface area (Å²) in [5.41, 5.74) is 5.78. The van der Waals surface area contributed by atoms with Gasteiger partial charge < -0.3 is 5.73 Å². The second kappa shape index (κ2) is 3.08. The zero-order valence-corrected chi connectivity index (χ0v) is 7.79. The van der Waals surface area contributed by atoms with E-state index in [1.54, 1.807) is 0 Å². The Morgan fingerprint density at radius 2 is 2.08 bits per heavy atom. The van der Waals surface area contributed by atoms with Crippen LogP contribution in [-0.2, 0) is 0 Å². The zero-order chi connectivity index (χ0) is 8.55. The van der Waals surface area contributed by atoms with Crippen LogP contribution >= 0.6 is 0 Å². The Morgan fingerprint density at radius 1 is 1.33 bits per heavy atom. The summed E-state index contributed by atoms with van der Waals surface area (Å²) in [6.45, 7) is 2.32. The average Bonchev–Trinajstić information content (AvgIpc) is 2.04. The molecule has 2 N–H and O–H groups in total. The van der Waals surface area contributed by atoms with Gasteiger partial charge in [-0.1, -0.05) is 19.8 Å². The highest BCUT2D eigenvalue weighted by atomic mass is 14.9. The van der Waals surface area contributed by atoms with E-state index in [-0.39, 0.29) is 0 Å². The van der Waals surface area contributed by atoms with Crippen LogP contribution in [-0.4, -0.2) is 11.9 Å². The minimum atomic E-state index is 0.572. The molecule has 0 saturated heterocycles. The molecule has 0 aromatic carbocycles. The number of nitrogens with zero attached hydrogens (tertiary/aromatic N) is 1. The van der Waals surface area contributed by atoms with Gasteiger partial charge >= 0.3 is 0 Å². The van der Waals surface area contributed by atoms with E-state index in [1.807, 2.05) is 0 Å². The van der Waals surface area contributed by atoms with Crippen LogP contribution in [0.2, 0.25) is 0 Å². The number of hydrogen-bond donors (Lipinski definition) is 1. The molecular weight excluding hydrogens is 148 g/mol. The maximum Gasteiger partial charge on any atom is 0.0943 e. The van der Waals surface area contributed by atoms with E-state index in [9.17, 15) is 0 Å². The third kappa shape index (κ3) is 1.35. The van der Waals surface area contributed by atoms with Crippen LogP contribution in [0, 0.1) is 11.8 Å². The number of rotatable bonds is 0. The first kappa shape index (κ1) is 8.09. The van der Waals surface area contributed by atoms with Crippen molar-refractivity contribution in [1.29, 1.82) is 0 Å². The topological polar surface area (TPSA) is 38.4 Å². The first-order chi connectivity index (χ1) is 5.77. The molecule has 0 unspecified atom stereocenters. The molecule has 12 heavy (non-hydrogen) atoms. The highest BCUT2D eigenvalue weighted by molar-refractivity contribution is 5.81. The second-order valence-electron chi connectivity index (χ2n) is 4.32. The average molecular weight is 166 g/mol. The lowest BCUT2D eigenvalue weighted by atomic mass is 9.74. The Labute approximate surface area is 74.2 Å². The van der Waals surface area contributed by atoms with Crippen LogP contribution in [0.3, 0.4) is 0 Å². The van der Waals surface area contributed by atoms with Crippen LogP contribution in [0.1, 0.15) is 39.0 Å². The van der Waals surface area contributed by atoms with Crippen molar-refractivity contribution >= 4 is 5.84 Å². The predicted molar refractivity (Wildman–Crippen MR) is 51.1 cm³/mol. The monoisotopic (exact) mass is 166 g/mol. The van der Waals surface area contributed by atoms with Gasteiger partial charge in [-0.25, -0.2) is 0 Å². The van der Waals surface area contributed by atoms with Gasteiger partial charge in [0.25, 0.3) is 0 Å². The molecule has 2 rings (SSSR count). The molecular formula is C10H18N2. The number of fused-ring (bicyclic) bond motifs is 1. The number of aliphatic imine (C=N–C) groups is 1. The molecule has 2 nitrogen and oxygen atoms in total. The molecule has 0 radical (unpaired) electrons. The van der Waals surface area contributed by atoms with Gasteiger partial charge in [0, 0.05) is 6.42 Å². The van der Waals surface area contributed by atoms with Gasteiger partial charge in [0.2, 0.25) is 0 Å². The summed E-state index contributed by atoms with van der Waals surface area (Å²) in [6.07, 6.45) is 6.44. The number of amidine groups is 1. The standard InChI is InChI=1S/C10H18N2/c1-7-6-10(11)12-9-5-3-2-4-8(7)9/h7-9H,2-6H2,1H3,(H2,11,12)/t7-,8-,9-/m0/s1. The van der Waals surface area contributed by atoms with E-state index in [1.165, 1.54) is 25.7 Å². The molecule has 0 bridgehead atoms. The van der Waals surface area contributed by atoms with Crippen LogP contribution in [0.4, 0.5) is 0 Å². The predicted octanol–water partition coefficient (Wildman–Crippen LogP) is 1.94. The minimum absolute atomic E-state index is 0.572. The number of hydrogen-bond acceptors (Lipinski definition) is 2. The normalized spacial score (nSPS) is 41.8. The summed E-state index contributed by atoms with van der Waals surface area (Å²) in [6, 6.07) is 0.572. The molecule has 0 spiro atoms. The molecule has 1 aliphatic carbocycles. The number of nitrogens with two attached hydrogens (primary N) is 1. The second-order valence-corrected chi connectivity index (χ2v) is 4.32. The fraction of sp³-hybridized carbons (Fsp3) is 0.900. The Bertz CT molecular complexity index is 198. The third-order valence-electron chi connectivity index (χ3n) is 3.38. The Hall–Kier alpha value is -0.530. The van der Waals surface area contributed by atoms with Crippen LogP contribution in [0.25, 0.3) is 0 Å². The molecule has 1 fully saturated rings. The first-order valence-corrected chi connectivity index (χ1v) is 5.09. The van der Waals surface area contributed by atoms with Gasteiger partial charge in [-0.15, -0.1) is 0 Å². The van der Waals surface area contributed by atoms with Gasteiger partial charge in [0.15, 0.2) is 0 Å². The van der Waals surface area contributed by atoms with E-state index in [0.717, 1.165) is 24.1 Å². The van der Waals surface area contributed by atoms with Crippen molar-refractivity contribution < 1.29 is 0 Å². The van der Waals surface area contributed by atoms with E-state index in [0.29, 0.717) is 6.04 Å². The summed E-state index contributed by atoms with van der Waals surface area (Å²) < 4.78 is 0. The summed E-state index contributed by atoms with van der Waals surface area (Å²) >= 11 is 0. The zero-order valence-electron chi connectivity index (χ0n) is 7.79. The van der Waals surface area contributed by atoms with Gasteiger partial charge in [-0.05, 0) is 24.7 Å². The van der Waals surface area contributed by atoms with E-state index < -0.39 is 0 Å². The maximum atomic E-state index is 5.78. The summed E-state index contributed by atoms with van der Waals surface area (Å²) in [4.78, 5) is 4.55. The van der Waals surface area contributed by atoms with Crippen LogP contribution < -0.4 is 5.73 Å². The molecule has 68 valence electrons. The fourth-order valence-corrected chi connectivity index (χ4v) is 2.71. The van der Waals surface area contributed by atoms with E-state index in [2.05, 4.69) is 11.9 Å². The Kier molecular flexibility index (Phi) is 2.07. The highest BCUT2D eigenvalue weighted by Crippen LogP contribution is 2.36. The fourth-order valence-electron chi connectivity index (χ4n) is 2.71. The molecule has 2 heteroatoms. The van der Waals surface area contributed by atoms with Gasteiger partial charge in [0.05, 0.1) is 11.9 Å². The van der Waals surface area contributed by atoms with Crippen molar-refractivity contribution in [2.75, 3.05) is 0 Å². The highest BCUT2D eigenvalue weighted by Gasteiger charge is 2.32. The van der Waals surface area contributed by atoms with E-state index >= 15 is 0 Å².